The van der Waals surface area contributed by atoms with Crippen molar-refractivity contribution in [2.75, 3.05) is 20.3 Å². The van der Waals surface area contributed by atoms with Gasteiger partial charge in [0.25, 0.3) is 5.91 Å². The maximum Gasteiger partial charge on any atom is 0.257 e. The van der Waals surface area contributed by atoms with Gasteiger partial charge in [0.15, 0.2) is 6.61 Å². The van der Waals surface area contributed by atoms with Crippen LogP contribution in [0.1, 0.15) is 17.5 Å². The van der Waals surface area contributed by atoms with Gasteiger partial charge in [0.1, 0.15) is 11.5 Å². The lowest BCUT2D eigenvalue weighted by Crippen LogP contribution is -2.29. The molecule has 23 heavy (non-hydrogen) atoms. The van der Waals surface area contributed by atoms with Crippen LogP contribution in [0.15, 0.2) is 48.5 Å². The summed E-state index contributed by atoms with van der Waals surface area (Å²) in [5, 5.41) is 2.87. The molecule has 0 fully saturated rings. The number of carbonyl (C=O) groups excluding carboxylic acids is 1. The van der Waals surface area contributed by atoms with E-state index in [9.17, 15) is 4.79 Å². The van der Waals surface area contributed by atoms with E-state index in [0.29, 0.717) is 12.3 Å². The lowest BCUT2D eigenvalue weighted by molar-refractivity contribution is -0.123. The molecule has 0 bridgehead atoms. The molecule has 0 aliphatic heterocycles. The minimum atomic E-state index is -0.0969. The van der Waals surface area contributed by atoms with Gasteiger partial charge in [-0.2, -0.15) is 0 Å². The molecule has 1 amide bonds. The minimum Gasteiger partial charge on any atom is -0.497 e. The second-order valence-corrected chi connectivity index (χ2v) is 5.40. The van der Waals surface area contributed by atoms with Gasteiger partial charge >= 0.3 is 0 Å². The normalized spacial score (nSPS) is 10.2. The molecule has 4 heteroatoms. The molecule has 4 nitrogen and oxygen atoms in total. The molecular formula is C19H23NO3. The lowest BCUT2D eigenvalue weighted by atomic mass is 10.1. The van der Waals surface area contributed by atoms with Gasteiger partial charge in [-0.3, -0.25) is 4.79 Å². The van der Waals surface area contributed by atoms with Crippen molar-refractivity contribution >= 4 is 5.91 Å². The molecule has 0 unspecified atom stereocenters. The average Bonchev–Trinajstić information content (AvgIpc) is 2.59. The van der Waals surface area contributed by atoms with Gasteiger partial charge in [0, 0.05) is 6.54 Å². The summed E-state index contributed by atoms with van der Waals surface area (Å²) >= 11 is 0. The van der Waals surface area contributed by atoms with Crippen LogP contribution in [0.3, 0.4) is 0 Å². The number of benzene rings is 2. The molecule has 0 saturated carbocycles. The van der Waals surface area contributed by atoms with Crippen LogP contribution >= 0.6 is 0 Å². The Hall–Kier alpha value is -2.49. The molecule has 2 aromatic rings. The Morgan fingerprint density at radius 2 is 1.65 bits per heavy atom. The second kappa shape index (κ2) is 8.83. The number of amides is 1. The minimum absolute atomic E-state index is 0.0472. The van der Waals surface area contributed by atoms with E-state index in [1.54, 1.807) is 7.11 Å². The largest absolute Gasteiger partial charge is 0.497 e. The Morgan fingerprint density at radius 3 is 2.30 bits per heavy atom. The topological polar surface area (TPSA) is 47.6 Å². The zero-order valence-corrected chi connectivity index (χ0v) is 13.7. The molecule has 0 aromatic heterocycles. The van der Waals surface area contributed by atoms with Crippen LogP contribution in [0.25, 0.3) is 0 Å². The average molecular weight is 313 g/mol. The predicted molar refractivity (Wildman–Crippen MR) is 91.0 cm³/mol. The first-order valence-electron chi connectivity index (χ1n) is 7.76. The van der Waals surface area contributed by atoms with Gasteiger partial charge < -0.3 is 14.8 Å². The molecule has 122 valence electrons. The Morgan fingerprint density at radius 1 is 1.00 bits per heavy atom. The molecule has 2 aromatic carbocycles. The van der Waals surface area contributed by atoms with Crippen molar-refractivity contribution in [2.24, 2.45) is 0 Å². The first-order valence-corrected chi connectivity index (χ1v) is 7.76. The molecule has 0 spiro atoms. The lowest BCUT2D eigenvalue weighted by Gasteiger charge is -2.08. The van der Waals surface area contributed by atoms with E-state index in [1.807, 2.05) is 55.5 Å². The summed E-state index contributed by atoms with van der Waals surface area (Å²) in [6, 6.07) is 15.6. The number of nitrogens with one attached hydrogen (secondary N) is 1. The van der Waals surface area contributed by atoms with E-state index in [2.05, 4.69) is 5.32 Å². The Balaban J connectivity index is 1.61. The summed E-state index contributed by atoms with van der Waals surface area (Å²) < 4.78 is 10.6. The molecule has 0 aliphatic rings. The maximum absolute atomic E-state index is 11.7. The summed E-state index contributed by atoms with van der Waals surface area (Å²) in [5.41, 5.74) is 2.40. The first-order chi connectivity index (χ1) is 11.2. The quantitative estimate of drug-likeness (QED) is 0.762. The van der Waals surface area contributed by atoms with Gasteiger partial charge in [0.2, 0.25) is 0 Å². The van der Waals surface area contributed by atoms with Crippen LogP contribution in [0.2, 0.25) is 0 Å². The SMILES string of the molecule is COc1ccc(CCCNC(=O)COc2ccc(C)cc2)cc1. The van der Waals surface area contributed by atoms with Crippen molar-refractivity contribution in [3.63, 3.8) is 0 Å². The first kappa shape index (κ1) is 16.9. The van der Waals surface area contributed by atoms with E-state index in [-0.39, 0.29) is 12.5 Å². The van der Waals surface area contributed by atoms with Crippen LogP contribution in [0, 0.1) is 6.92 Å². The van der Waals surface area contributed by atoms with Crippen molar-refractivity contribution < 1.29 is 14.3 Å². The number of rotatable bonds is 8. The fourth-order valence-corrected chi connectivity index (χ4v) is 2.15. The number of hydrogen-bond donors (Lipinski definition) is 1. The van der Waals surface area contributed by atoms with Crippen LogP contribution < -0.4 is 14.8 Å². The monoisotopic (exact) mass is 313 g/mol. The summed E-state index contributed by atoms with van der Waals surface area (Å²) in [6.07, 6.45) is 1.81. The zero-order valence-electron chi connectivity index (χ0n) is 13.7. The van der Waals surface area contributed by atoms with Crippen molar-refractivity contribution in [3.8, 4) is 11.5 Å². The zero-order chi connectivity index (χ0) is 16.5. The van der Waals surface area contributed by atoms with E-state index in [4.69, 9.17) is 9.47 Å². The van der Waals surface area contributed by atoms with Crippen LogP contribution in [-0.2, 0) is 11.2 Å². The number of hydrogen-bond acceptors (Lipinski definition) is 3. The Labute approximate surface area is 137 Å². The number of carbonyl (C=O) groups is 1. The fraction of sp³-hybridized carbons (Fsp3) is 0.316. The second-order valence-electron chi connectivity index (χ2n) is 5.40. The molecule has 0 saturated heterocycles. The van der Waals surface area contributed by atoms with Gasteiger partial charge in [-0.25, -0.2) is 0 Å². The Bertz CT molecular complexity index is 606. The highest BCUT2D eigenvalue weighted by atomic mass is 16.5. The van der Waals surface area contributed by atoms with Gasteiger partial charge in [0.05, 0.1) is 7.11 Å². The van der Waals surface area contributed by atoms with Crippen molar-refractivity contribution in [2.45, 2.75) is 19.8 Å². The van der Waals surface area contributed by atoms with Crippen LogP contribution in [0.5, 0.6) is 11.5 Å². The van der Waals surface area contributed by atoms with Gasteiger partial charge in [-0.05, 0) is 49.6 Å². The van der Waals surface area contributed by atoms with Crippen molar-refractivity contribution in [1.82, 2.24) is 5.32 Å². The third-order valence-electron chi connectivity index (χ3n) is 3.51. The molecule has 0 radical (unpaired) electrons. The summed E-state index contributed by atoms with van der Waals surface area (Å²) in [7, 11) is 1.66. The van der Waals surface area contributed by atoms with E-state index < -0.39 is 0 Å². The highest BCUT2D eigenvalue weighted by Gasteiger charge is 2.02. The third-order valence-corrected chi connectivity index (χ3v) is 3.51. The number of aryl methyl sites for hydroxylation is 2. The highest BCUT2D eigenvalue weighted by molar-refractivity contribution is 5.77. The Kier molecular flexibility index (Phi) is 6.48. The van der Waals surface area contributed by atoms with Gasteiger partial charge in [-0.1, -0.05) is 29.8 Å². The fourth-order valence-electron chi connectivity index (χ4n) is 2.15. The number of ether oxygens (including phenoxy) is 2. The molecule has 2 rings (SSSR count). The molecular weight excluding hydrogens is 290 g/mol. The van der Waals surface area contributed by atoms with Crippen LogP contribution in [-0.4, -0.2) is 26.2 Å². The summed E-state index contributed by atoms with van der Waals surface area (Å²) in [6.45, 7) is 2.70. The summed E-state index contributed by atoms with van der Waals surface area (Å²) in [4.78, 5) is 11.7. The smallest absolute Gasteiger partial charge is 0.257 e. The molecule has 0 atom stereocenters. The highest BCUT2D eigenvalue weighted by Crippen LogP contribution is 2.12. The predicted octanol–water partition coefficient (Wildman–Crippen LogP) is 3.13. The van der Waals surface area contributed by atoms with E-state index in [1.165, 1.54) is 11.1 Å². The van der Waals surface area contributed by atoms with Crippen LogP contribution in [0.4, 0.5) is 0 Å². The summed E-state index contributed by atoms with van der Waals surface area (Å²) in [5.74, 6) is 1.47. The maximum atomic E-state index is 11.7. The van der Waals surface area contributed by atoms with Crippen molar-refractivity contribution in [3.05, 3.63) is 59.7 Å². The standard InChI is InChI=1S/C19H23NO3/c1-15-5-9-18(10-6-15)23-14-19(21)20-13-3-4-16-7-11-17(22-2)12-8-16/h5-12H,3-4,13-14H2,1-2H3,(H,20,21). The molecule has 1 N–H and O–H groups in total. The van der Waals surface area contributed by atoms with Crippen molar-refractivity contribution in [1.29, 1.82) is 0 Å². The van der Waals surface area contributed by atoms with Gasteiger partial charge in [-0.15, -0.1) is 0 Å². The van der Waals surface area contributed by atoms with E-state index in [0.717, 1.165) is 18.6 Å². The van der Waals surface area contributed by atoms with E-state index >= 15 is 0 Å². The number of methoxy groups -OCH3 is 1. The molecule has 0 heterocycles. The molecule has 0 aliphatic carbocycles. The third kappa shape index (κ3) is 6.02.